The molecule has 126 valence electrons. The summed E-state index contributed by atoms with van der Waals surface area (Å²) in [5.74, 6) is -2.21. The van der Waals surface area contributed by atoms with Gasteiger partial charge in [-0.2, -0.15) is 0 Å². The van der Waals surface area contributed by atoms with E-state index >= 15 is 0 Å². The van der Waals surface area contributed by atoms with Crippen LogP contribution in [0.15, 0.2) is 60.8 Å². The number of para-hydroxylation sites is 1. The summed E-state index contributed by atoms with van der Waals surface area (Å²) in [6, 6.07) is 13.3. The van der Waals surface area contributed by atoms with Crippen LogP contribution in [0.25, 0.3) is 5.69 Å². The second kappa shape index (κ2) is 6.91. The summed E-state index contributed by atoms with van der Waals surface area (Å²) in [6.45, 7) is 0. The van der Waals surface area contributed by atoms with E-state index in [1.807, 2.05) is 18.2 Å². The molecule has 0 saturated carbocycles. The number of carbonyl (C=O) groups excluding carboxylic acids is 2. The standard InChI is InChI=1S/C17H14FN5O2/c18-13-9-5-4-8-12(13)15(16(19)24)20-17(25)14-10-23(22-21-14)11-6-2-1-3-7-11/h1-10,15H,(H2,19,24)(H,20,25). The number of carbonyl (C=O) groups is 2. The number of nitrogens with one attached hydrogen (secondary N) is 1. The molecule has 0 spiro atoms. The van der Waals surface area contributed by atoms with Crippen molar-refractivity contribution in [1.82, 2.24) is 20.3 Å². The second-order valence-corrected chi connectivity index (χ2v) is 5.21. The molecular weight excluding hydrogens is 325 g/mol. The predicted octanol–water partition coefficient (Wildman–Crippen LogP) is 1.36. The fourth-order valence-electron chi connectivity index (χ4n) is 2.29. The molecule has 0 aliphatic rings. The lowest BCUT2D eigenvalue weighted by Gasteiger charge is -2.15. The number of hydrogen-bond acceptors (Lipinski definition) is 4. The van der Waals surface area contributed by atoms with Crippen LogP contribution in [0.2, 0.25) is 0 Å². The van der Waals surface area contributed by atoms with Gasteiger partial charge in [0.05, 0.1) is 11.9 Å². The Morgan fingerprint density at radius 2 is 1.76 bits per heavy atom. The van der Waals surface area contributed by atoms with Crippen molar-refractivity contribution in [3.05, 3.63) is 77.9 Å². The summed E-state index contributed by atoms with van der Waals surface area (Å²) in [6.07, 6.45) is 1.41. The molecule has 0 bridgehead atoms. The Morgan fingerprint density at radius 3 is 2.44 bits per heavy atom. The fourth-order valence-corrected chi connectivity index (χ4v) is 2.29. The maximum atomic E-state index is 13.9. The number of halogens is 1. The summed E-state index contributed by atoms with van der Waals surface area (Å²) in [7, 11) is 0. The number of hydrogen-bond donors (Lipinski definition) is 2. The van der Waals surface area contributed by atoms with Crippen LogP contribution >= 0.6 is 0 Å². The molecule has 1 atom stereocenters. The minimum Gasteiger partial charge on any atom is -0.368 e. The van der Waals surface area contributed by atoms with E-state index in [2.05, 4.69) is 15.6 Å². The van der Waals surface area contributed by atoms with Crippen molar-refractivity contribution in [2.75, 3.05) is 0 Å². The molecule has 2 amide bonds. The van der Waals surface area contributed by atoms with E-state index in [9.17, 15) is 14.0 Å². The Morgan fingerprint density at radius 1 is 1.08 bits per heavy atom. The van der Waals surface area contributed by atoms with E-state index < -0.39 is 23.7 Å². The molecule has 0 saturated heterocycles. The zero-order valence-corrected chi connectivity index (χ0v) is 13.0. The molecule has 3 N–H and O–H groups in total. The van der Waals surface area contributed by atoms with Gasteiger partial charge in [-0.05, 0) is 18.2 Å². The van der Waals surface area contributed by atoms with Crippen molar-refractivity contribution in [2.45, 2.75) is 6.04 Å². The van der Waals surface area contributed by atoms with Crippen LogP contribution in [-0.4, -0.2) is 26.8 Å². The maximum absolute atomic E-state index is 13.9. The molecule has 0 radical (unpaired) electrons. The highest BCUT2D eigenvalue weighted by Crippen LogP contribution is 2.17. The van der Waals surface area contributed by atoms with E-state index in [0.717, 1.165) is 5.69 Å². The van der Waals surface area contributed by atoms with Crippen LogP contribution < -0.4 is 11.1 Å². The third kappa shape index (κ3) is 3.52. The Kier molecular flexibility index (Phi) is 4.51. The Hall–Kier alpha value is -3.55. The van der Waals surface area contributed by atoms with E-state index in [-0.39, 0.29) is 11.3 Å². The quantitative estimate of drug-likeness (QED) is 0.732. The first-order chi connectivity index (χ1) is 12.1. The molecule has 0 aliphatic heterocycles. The predicted molar refractivity (Wildman–Crippen MR) is 87.2 cm³/mol. The van der Waals surface area contributed by atoms with Crippen molar-refractivity contribution in [1.29, 1.82) is 0 Å². The SMILES string of the molecule is NC(=O)C(NC(=O)c1cn(-c2ccccc2)nn1)c1ccccc1F. The molecule has 1 aromatic heterocycles. The first kappa shape index (κ1) is 16.3. The Balaban J connectivity index is 1.82. The highest BCUT2D eigenvalue weighted by atomic mass is 19.1. The number of nitrogens with two attached hydrogens (primary N) is 1. The van der Waals surface area contributed by atoms with Crippen molar-refractivity contribution in [2.24, 2.45) is 5.73 Å². The zero-order valence-electron chi connectivity index (χ0n) is 13.0. The summed E-state index contributed by atoms with van der Waals surface area (Å²) < 4.78 is 15.3. The number of primary amides is 1. The molecule has 25 heavy (non-hydrogen) atoms. The smallest absolute Gasteiger partial charge is 0.274 e. The average molecular weight is 339 g/mol. The summed E-state index contributed by atoms with van der Waals surface area (Å²) in [4.78, 5) is 24.0. The van der Waals surface area contributed by atoms with Crippen LogP contribution in [0.4, 0.5) is 4.39 Å². The molecule has 7 nitrogen and oxygen atoms in total. The van der Waals surface area contributed by atoms with Gasteiger partial charge in [0, 0.05) is 5.56 Å². The van der Waals surface area contributed by atoms with Gasteiger partial charge in [-0.1, -0.05) is 41.6 Å². The van der Waals surface area contributed by atoms with Gasteiger partial charge < -0.3 is 11.1 Å². The van der Waals surface area contributed by atoms with Gasteiger partial charge >= 0.3 is 0 Å². The maximum Gasteiger partial charge on any atom is 0.274 e. The number of nitrogens with zero attached hydrogens (tertiary/aromatic N) is 3. The lowest BCUT2D eigenvalue weighted by molar-refractivity contribution is -0.120. The van der Waals surface area contributed by atoms with Crippen molar-refractivity contribution in [3.8, 4) is 5.69 Å². The molecular formula is C17H14FN5O2. The minimum absolute atomic E-state index is 0.0150. The van der Waals surface area contributed by atoms with Crippen LogP contribution in [0.5, 0.6) is 0 Å². The van der Waals surface area contributed by atoms with Gasteiger partial charge in [0.2, 0.25) is 5.91 Å². The Labute approximate surface area is 142 Å². The third-order valence-corrected chi connectivity index (χ3v) is 3.52. The molecule has 1 unspecified atom stereocenters. The van der Waals surface area contributed by atoms with Crippen LogP contribution in [0.1, 0.15) is 22.1 Å². The average Bonchev–Trinajstić information content (AvgIpc) is 3.11. The number of benzene rings is 2. The third-order valence-electron chi connectivity index (χ3n) is 3.52. The lowest BCUT2D eigenvalue weighted by atomic mass is 10.1. The molecule has 0 fully saturated rings. The number of rotatable bonds is 5. The highest BCUT2D eigenvalue weighted by Gasteiger charge is 2.25. The van der Waals surface area contributed by atoms with Crippen LogP contribution in [0, 0.1) is 5.82 Å². The number of aromatic nitrogens is 3. The van der Waals surface area contributed by atoms with E-state index in [1.165, 1.54) is 29.1 Å². The topological polar surface area (TPSA) is 103 Å². The fraction of sp³-hybridized carbons (Fsp3) is 0.0588. The largest absolute Gasteiger partial charge is 0.368 e. The van der Waals surface area contributed by atoms with Gasteiger partial charge in [0.25, 0.3) is 5.91 Å². The van der Waals surface area contributed by atoms with Gasteiger partial charge in [-0.15, -0.1) is 5.10 Å². The zero-order chi connectivity index (χ0) is 17.8. The summed E-state index contributed by atoms with van der Waals surface area (Å²) in [5, 5.41) is 10.0. The van der Waals surface area contributed by atoms with Crippen LogP contribution in [-0.2, 0) is 4.79 Å². The van der Waals surface area contributed by atoms with Gasteiger partial charge in [-0.3, -0.25) is 9.59 Å². The summed E-state index contributed by atoms with van der Waals surface area (Å²) in [5.41, 5.74) is 5.98. The normalized spacial score (nSPS) is 11.7. The lowest BCUT2D eigenvalue weighted by Crippen LogP contribution is -2.38. The van der Waals surface area contributed by atoms with Gasteiger partial charge in [0.1, 0.15) is 11.9 Å². The first-order valence-electron chi connectivity index (χ1n) is 7.38. The molecule has 1 heterocycles. The molecule has 2 aromatic carbocycles. The first-order valence-corrected chi connectivity index (χ1v) is 7.38. The van der Waals surface area contributed by atoms with E-state index in [1.54, 1.807) is 18.2 Å². The van der Waals surface area contributed by atoms with Gasteiger partial charge in [-0.25, -0.2) is 9.07 Å². The van der Waals surface area contributed by atoms with Crippen molar-refractivity contribution >= 4 is 11.8 Å². The van der Waals surface area contributed by atoms with E-state index in [4.69, 9.17) is 5.73 Å². The summed E-state index contributed by atoms with van der Waals surface area (Å²) >= 11 is 0. The van der Waals surface area contributed by atoms with E-state index in [0.29, 0.717) is 0 Å². The molecule has 0 aliphatic carbocycles. The minimum atomic E-state index is -1.31. The van der Waals surface area contributed by atoms with Crippen molar-refractivity contribution in [3.63, 3.8) is 0 Å². The van der Waals surface area contributed by atoms with Gasteiger partial charge in [0.15, 0.2) is 5.69 Å². The molecule has 3 rings (SSSR count). The Bertz CT molecular complexity index is 910. The van der Waals surface area contributed by atoms with Crippen LogP contribution in [0.3, 0.4) is 0 Å². The monoisotopic (exact) mass is 339 g/mol. The van der Waals surface area contributed by atoms with Crippen molar-refractivity contribution < 1.29 is 14.0 Å². The molecule has 3 aromatic rings. The highest BCUT2D eigenvalue weighted by molar-refractivity contribution is 5.96. The number of amides is 2. The second-order valence-electron chi connectivity index (χ2n) is 5.21. The molecule has 8 heteroatoms.